The molecule has 3 heterocycles. The number of hydrogen-bond donors (Lipinski definition) is 3. The van der Waals surface area contributed by atoms with E-state index in [-0.39, 0.29) is 23.8 Å². The van der Waals surface area contributed by atoms with E-state index >= 15 is 0 Å². The summed E-state index contributed by atoms with van der Waals surface area (Å²) in [6.07, 6.45) is 9.03. The van der Waals surface area contributed by atoms with Crippen LogP contribution in [-0.2, 0) is 4.79 Å². The van der Waals surface area contributed by atoms with Crippen molar-refractivity contribution in [2.24, 2.45) is 5.92 Å². The first kappa shape index (κ1) is 21.9. The lowest BCUT2D eigenvalue weighted by atomic mass is 9.88. The van der Waals surface area contributed by atoms with Gasteiger partial charge in [-0.05, 0) is 44.7 Å². The number of piperidine rings is 1. The molecule has 0 spiro atoms. The van der Waals surface area contributed by atoms with Gasteiger partial charge in [0, 0.05) is 36.8 Å². The molecule has 32 heavy (non-hydrogen) atoms. The zero-order valence-corrected chi connectivity index (χ0v) is 18.6. The second-order valence-corrected chi connectivity index (χ2v) is 8.69. The normalized spacial score (nSPS) is 17.5. The van der Waals surface area contributed by atoms with Crippen LogP contribution >= 0.6 is 0 Å². The summed E-state index contributed by atoms with van der Waals surface area (Å²) in [5.74, 6) is 8.21. The summed E-state index contributed by atoms with van der Waals surface area (Å²) in [5, 5.41) is 3.28. The number of carbonyl (C=O) groups is 1. The molecule has 2 aromatic rings. The summed E-state index contributed by atoms with van der Waals surface area (Å²) in [4.78, 5) is 27.7. The number of nitrogens with zero attached hydrogens (tertiary/aromatic N) is 4. The Labute approximate surface area is 189 Å². The first-order chi connectivity index (χ1) is 15.5. The van der Waals surface area contributed by atoms with Gasteiger partial charge in [0.25, 0.3) is 0 Å². The van der Waals surface area contributed by atoms with Crippen molar-refractivity contribution in [3.05, 3.63) is 35.2 Å². The Morgan fingerprint density at radius 2 is 1.81 bits per heavy atom. The molecule has 1 aliphatic heterocycles. The monoisotopic (exact) mass is 433 g/mol. The van der Waals surface area contributed by atoms with Crippen molar-refractivity contribution in [1.82, 2.24) is 20.3 Å². The number of aryl methyl sites for hydroxylation is 1. The summed E-state index contributed by atoms with van der Waals surface area (Å²) in [7, 11) is 0. The van der Waals surface area contributed by atoms with Crippen molar-refractivity contribution in [2.45, 2.75) is 57.9 Å². The smallest absolute Gasteiger partial charge is 0.223 e. The minimum atomic E-state index is 0.191. The SMILES string of the molecule is Cc1nc(N)nc(N2CCC(NC(=O)C3CCCCC3)CC2)c1C#Cc1ccc(N)nc1. The van der Waals surface area contributed by atoms with E-state index < -0.39 is 0 Å². The van der Waals surface area contributed by atoms with Crippen LogP contribution in [0.2, 0.25) is 0 Å². The maximum Gasteiger partial charge on any atom is 0.223 e. The van der Waals surface area contributed by atoms with Crippen molar-refractivity contribution in [1.29, 1.82) is 0 Å². The van der Waals surface area contributed by atoms with Crippen molar-refractivity contribution in [2.75, 3.05) is 29.5 Å². The second-order valence-electron chi connectivity index (χ2n) is 8.69. The molecule has 1 saturated carbocycles. The summed E-state index contributed by atoms with van der Waals surface area (Å²) >= 11 is 0. The minimum absolute atomic E-state index is 0.191. The first-order valence-electron chi connectivity index (χ1n) is 11.4. The molecule has 2 fully saturated rings. The van der Waals surface area contributed by atoms with Gasteiger partial charge in [-0.1, -0.05) is 31.1 Å². The van der Waals surface area contributed by atoms with E-state index in [4.69, 9.17) is 11.5 Å². The van der Waals surface area contributed by atoms with Gasteiger partial charge in [0.1, 0.15) is 11.6 Å². The molecule has 1 aliphatic carbocycles. The molecule has 5 N–H and O–H groups in total. The Kier molecular flexibility index (Phi) is 6.74. The van der Waals surface area contributed by atoms with Gasteiger partial charge in [-0.25, -0.2) is 9.97 Å². The van der Waals surface area contributed by atoms with Crippen LogP contribution in [0.1, 0.15) is 61.8 Å². The number of anilines is 3. The summed E-state index contributed by atoms with van der Waals surface area (Å²) in [6, 6.07) is 3.77. The number of carbonyl (C=O) groups excluding carboxylic acids is 1. The Bertz CT molecular complexity index is 1010. The predicted octanol–water partition coefficient (Wildman–Crippen LogP) is 2.41. The molecule has 2 aliphatic rings. The van der Waals surface area contributed by atoms with Crippen LogP contribution in [0, 0.1) is 24.7 Å². The van der Waals surface area contributed by atoms with E-state index in [1.54, 1.807) is 12.3 Å². The highest BCUT2D eigenvalue weighted by atomic mass is 16.1. The summed E-state index contributed by atoms with van der Waals surface area (Å²) in [5.41, 5.74) is 13.9. The topological polar surface area (TPSA) is 123 Å². The van der Waals surface area contributed by atoms with E-state index in [0.717, 1.165) is 61.4 Å². The van der Waals surface area contributed by atoms with Gasteiger partial charge in [-0.2, -0.15) is 4.98 Å². The fourth-order valence-corrected chi connectivity index (χ4v) is 4.49. The number of pyridine rings is 1. The van der Waals surface area contributed by atoms with Gasteiger partial charge in [-0.3, -0.25) is 4.79 Å². The van der Waals surface area contributed by atoms with Crippen molar-refractivity contribution in [3.8, 4) is 11.8 Å². The molecule has 1 saturated heterocycles. The van der Waals surface area contributed by atoms with Crippen LogP contribution in [-0.4, -0.2) is 40.0 Å². The van der Waals surface area contributed by atoms with E-state index in [1.807, 2.05) is 13.0 Å². The number of nitrogens with one attached hydrogen (secondary N) is 1. The van der Waals surface area contributed by atoms with E-state index in [1.165, 1.54) is 19.3 Å². The Morgan fingerprint density at radius 1 is 1.06 bits per heavy atom. The largest absolute Gasteiger partial charge is 0.384 e. The fraction of sp³-hybridized carbons (Fsp3) is 0.500. The Hall–Kier alpha value is -3.34. The van der Waals surface area contributed by atoms with Crippen molar-refractivity contribution < 1.29 is 4.79 Å². The van der Waals surface area contributed by atoms with Gasteiger partial charge in [0.2, 0.25) is 11.9 Å². The predicted molar refractivity (Wildman–Crippen MR) is 126 cm³/mol. The van der Waals surface area contributed by atoms with Crippen LogP contribution in [0.15, 0.2) is 18.3 Å². The third-order valence-corrected chi connectivity index (χ3v) is 6.32. The molecular formula is C24H31N7O. The van der Waals surface area contributed by atoms with Gasteiger partial charge in [0.05, 0.1) is 11.3 Å². The lowest BCUT2D eigenvalue weighted by Gasteiger charge is -2.34. The number of hydrogen-bond acceptors (Lipinski definition) is 7. The molecule has 8 heteroatoms. The molecule has 0 bridgehead atoms. The maximum absolute atomic E-state index is 12.6. The Balaban J connectivity index is 1.45. The standard InChI is InChI=1S/C24H31N7O/c1-16-20(9-7-17-8-10-21(25)27-15-17)22(30-24(26)28-16)31-13-11-19(12-14-31)29-23(32)18-5-3-2-4-6-18/h8,10,15,18-19H,2-6,11-14H2,1H3,(H2,25,27)(H,29,32)(H2,26,28,30). The van der Waals surface area contributed by atoms with Crippen LogP contribution in [0.3, 0.4) is 0 Å². The van der Waals surface area contributed by atoms with E-state index in [9.17, 15) is 4.79 Å². The molecule has 0 unspecified atom stereocenters. The Morgan fingerprint density at radius 3 is 2.50 bits per heavy atom. The van der Waals surface area contributed by atoms with Gasteiger partial charge >= 0.3 is 0 Å². The van der Waals surface area contributed by atoms with Crippen molar-refractivity contribution in [3.63, 3.8) is 0 Å². The zero-order valence-electron chi connectivity index (χ0n) is 18.6. The first-order valence-corrected chi connectivity index (χ1v) is 11.4. The third-order valence-electron chi connectivity index (χ3n) is 6.32. The number of amides is 1. The number of aromatic nitrogens is 3. The maximum atomic E-state index is 12.6. The highest BCUT2D eigenvalue weighted by molar-refractivity contribution is 5.79. The number of rotatable bonds is 3. The van der Waals surface area contributed by atoms with Gasteiger partial charge in [-0.15, -0.1) is 0 Å². The molecule has 4 rings (SSSR count). The number of nitrogens with two attached hydrogens (primary N) is 2. The molecule has 0 aromatic carbocycles. The zero-order chi connectivity index (χ0) is 22.5. The number of nitrogen functional groups attached to an aromatic ring is 2. The average Bonchev–Trinajstić information content (AvgIpc) is 2.80. The minimum Gasteiger partial charge on any atom is -0.384 e. The molecule has 1 amide bonds. The van der Waals surface area contributed by atoms with Crippen molar-refractivity contribution >= 4 is 23.5 Å². The van der Waals surface area contributed by atoms with Crippen LogP contribution in [0.5, 0.6) is 0 Å². The van der Waals surface area contributed by atoms with Crippen LogP contribution < -0.4 is 21.7 Å². The molecule has 0 atom stereocenters. The highest BCUT2D eigenvalue weighted by Gasteiger charge is 2.27. The lowest BCUT2D eigenvalue weighted by Crippen LogP contribution is -2.47. The average molecular weight is 434 g/mol. The van der Waals surface area contributed by atoms with Gasteiger partial charge < -0.3 is 21.7 Å². The summed E-state index contributed by atoms with van der Waals surface area (Å²) < 4.78 is 0. The van der Waals surface area contributed by atoms with E-state index in [0.29, 0.717) is 5.82 Å². The summed E-state index contributed by atoms with van der Waals surface area (Å²) in [6.45, 7) is 3.46. The van der Waals surface area contributed by atoms with Crippen LogP contribution in [0.4, 0.5) is 17.6 Å². The fourth-order valence-electron chi connectivity index (χ4n) is 4.49. The molecule has 8 nitrogen and oxygen atoms in total. The molecule has 168 valence electrons. The highest BCUT2D eigenvalue weighted by Crippen LogP contribution is 2.26. The second kappa shape index (κ2) is 9.86. The van der Waals surface area contributed by atoms with Crippen LogP contribution in [0.25, 0.3) is 0 Å². The third kappa shape index (κ3) is 5.28. The quantitative estimate of drug-likeness (QED) is 0.635. The molecular weight excluding hydrogens is 402 g/mol. The lowest BCUT2D eigenvalue weighted by molar-refractivity contribution is -0.126. The molecule has 2 aromatic heterocycles. The molecule has 0 radical (unpaired) electrons. The van der Waals surface area contributed by atoms with Gasteiger partial charge in [0.15, 0.2) is 0 Å². The van der Waals surface area contributed by atoms with E-state index in [2.05, 4.69) is 37.0 Å².